The van der Waals surface area contributed by atoms with Gasteiger partial charge in [0.25, 0.3) is 0 Å². The van der Waals surface area contributed by atoms with Gasteiger partial charge in [0.2, 0.25) is 0 Å². The van der Waals surface area contributed by atoms with E-state index < -0.39 is 0 Å². The lowest BCUT2D eigenvalue weighted by Gasteiger charge is -2.06. The average molecular weight is 285 g/mol. The molecule has 104 valence electrons. The largest absolute Gasteiger partial charge is 0.497 e. The number of ketones is 1. The monoisotopic (exact) mass is 284 g/mol. The van der Waals surface area contributed by atoms with E-state index in [1.54, 1.807) is 25.1 Å². The SMILES string of the molecule is CCOC(=O)CCCC(=O)c1ccc(OC)cc1Cl. The molecule has 1 aromatic carbocycles. The Hall–Kier alpha value is -1.55. The van der Waals surface area contributed by atoms with Crippen LogP contribution in [0.1, 0.15) is 36.5 Å². The van der Waals surface area contributed by atoms with Crippen LogP contribution in [0.15, 0.2) is 18.2 Å². The van der Waals surface area contributed by atoms with Crippen LogP contribution >= 0.6 is 11.6 Å². The normalized spacial score (nSPS) is 10.1. The average Bonchev–Trinajstić information content (AvgIpc) is 2.38. The molecule has 0 saturated carbocycles. The molecule has 0 amide bonds. The molecule has 1 aromatic rings. The van der Waals surface area contributed by atoms with Crippen LogP contribution in [0.4, 0.5) is 0 Å². The Bertz CT molecular complexity index is 457. The highest BCUT2D eigenvalue weighted by atomic mass is 35.5. The van der Waals surface area contributed by atoms with Crippen molar-refractivity contribution in [3.63, 3.8) is 0 Å². The van der Waals surface area contributed by atoms with Gasteiger partial charge in [0.05, 0.1) is 18.7 Å². The summed E-state index contributed by atoms with van der Waals surface area (Å²) in [6, 6.07) is 4.92. The molecule has 5 heteroatoms. The van der Waals surface area contributed by atoms with Crippen LogP contribution in [0.5, 0.6) is 5.75 Å². The quantitative estimate of drug-likeness (QED) is 0.570. The van der Waals surface area contributed by atoms with Crippen molar-refractivity contribution in [2.75, 3.05) is 13.7 Å². The first-order valence-electron chi connectivity index (χ1n) is 6.10. The van der Waals surface area contributed by atoms with Gasteiger partial charge in [-0.25, -0.2) is 0 Å². The molecule has 4 nitrogen and oxygen atoms in total. The fourth-order valence-corrected chi connectivity index (χ4v) is 1.89. The zero-order valence-corrected chi connectivity index (χ0v) is 11.8. The molecule has 1 rings (SSSR count). The Morgan fingerprint density at radius 1 is 1.26 bits per heavy atom. The van der Waals surface area contributed by atoms with Crippen molar-refractivity contribution < 1.29 is 19.1 Å². The zero-order chi connectivity index (χ0) is 14.3. The molecule has 0 aliphatic rings. The van der Waals surface area contributed by atoms with Gasteiger partial charge in [-0.05, 0) is 31.5 Å². The van der Waals surface area contributed by atoms with Crippen LogP contribution in [0.2, 0.25) is 5.02 Å². The third kappa shape index (κ3) is 4.91. The molecule has 0 radical (unpaired) electrons. The molecule has 0 heterocycles. The number of hydrogen-bond donors (Lipinski definition) is 0. The van der Waals surface area contributed by atoms with Crippen molar-refractivity contribution in [2.24, 2.45) is 0 Å². The smallest absolute Gasteiger partial charge is 0.305 e. The third-order valence-corrected chi connectivity index (χ3v) is 2.88. The van der Waals surface area contributed by atoms with Gasteiger partial charge in [-0.2, -0.15) is 0 Å². The van der Waals surface area contributed by atoms with E-state index in [9.17, 15) is 9.59 Å². The van der Waals surface area contributed by atoms with Gasteiger partial charge in [-0.1, -0.05) is 11.6 Å². The molecule has 0 saturated heterocycles. The summed E-state index contributed by atoms with van der Waals surface area (Å²) in [6.45, 7) is 2.11. The molecular weight excluding hydrogens is 268 g/mol. The minimum Gasteiger partial charge on any atom is -0.497 e. The van der Waals surface area contributed by atoms with Crippen LogP contribution in [0.25, 0.3) is 0 Å². The Morgan fingerprint density at radius 2 is 2.00 bits per heavy atom. The standard InChI is InChI=1S/C14H17ClO4/c1-3-19-14(17)6-4-5-13(16)11-8-7-10(18-2)9-12(11)15/h7-9H,3-6H2,1-2H3. The molecule has 0 fully saturated rings. The Morgan fingerprint density at radius 3 is 2.58 bits per heavy atom. The van der Waals surface area contributed by atoms with E-state index in [-0.39, 0.29) is 24.6 Å². The number of rotatable bonds is 7. The number of methoxy groups -OCH3 is 1. The van der Waals surface area contributed by atoms with Crippen molar-refractivity contribution in [3.8, 4) is 5.75 Å². The number of hydrogen-bond acceptors (Lipinski definition) is 4. The van der Waals surface area contributed by atoms with E-state index in [4.69, 9.17) is 21.1 Å². The van der Waals surface area contributed by atoms with Crippen molar-refractivity contribution in [1.29, 1.82) is 0 Å². The molecule has 19 heavy (non-hydrogen) atoms. The maximum absolute atomic E-state index is 11.9. The lowest BCUT2D eigenvalue weighted by atomic mass is 10.1. The molecule has 0 aliphatic carbocycles. The molecule has 0 spiro atoms. The van der Waals surface area contributed by atoms with Gasteiger partial charge in [0, 0.05) is 18.4 Å². The molecule has 0 unspecified atom stereocenters. The summed E-state index contributed by atoms with van der Waals surface area (Å²) in [4.78, 5) is 23.1. The Balaban J connectivity index is 2.52. The van der Waals surface area contributed by atoms with Crippen molar-refractivity contribution in [3.05, 3.63) is 28.8 Å². The summed E-state index contributed by atoms with van der Waals surface area (Å²) in [5, 5.41) is 0.362. The first kappa shape index (κ1) is 15.5. The minimum atomic E-state index is -0.281. The zero-order valence-electron chi connectivity index (χ0n) is 11.1. The van der Waals surface area contributed by atoms with E-state index in [1.807, 2.05) is 0 Å². The second-order valence-corrected chi connectivity index (χ2v) is 4.33. The van der Waals surface area contributed by atoms with Crippen LogP contribution in [0, 0.1) is 0 Å². The fourth-order valence-electron chi connectivity index (χ4n) is 1.61. The van der Waals surface area contributed by atoms with E-state index in [2.05, 4.69) is 0 Å². The summed E-state index contributed by atoms with van der Waals surface area (Å²) >= 11 is 6.00. The van der Waals surface area contributed by atoms with Gasteiger partial charge < -0.3 is 9.47 Å². The number of carbonyl (C=O) groups excluding carboxylic acids is 2. The Kier molecular flexibility index (Phi) is 6.36. The topological polar surface area (TPSA) is 52.6 Å². The van der Waals surface area contributed by atoms with Crippen LogP contribution in [-0.2, 0) is 9.53 Å². The summed E-state index contributed by atoms with van der Waals surface area (Å²) in [5.74, 6) is 0.237. The molecule has 0 N–H and O–H groups in total. The first-order chi connectivity index (χ1) is 9.08. The van der Waals surface area contributed by atoms with Gasteiger partial charge in [-0.3, -0.25) is 9.59 Å². The highest BCUT2D eigenvalue weighted by Gasteiger charge is 2.12. The number of ether oxygens (including phenoxy) is 2. The summed E-state index contributed by atoms with van der Waals surface area (Å²) in [6.07, 6.45) is 0.970. The van der Waals surface area contributed by atoms with Gasteiger partial charge >= 0.3 is 5.97 Å². The molecule has 0 atom stereocenters. The summed E-state index contributed by atoms with van der Waals surface area (Å²) in [7, 11) is 1.53. The predicted molar refractivity (Wildman–Crippen MR) is 72.8 cm³/mol. The minimum absolute atomic E-state index is 0.0862. The fraction of sp³-hybridized carbons (Fsp3) is 0.429. The second-order valence-electron chi connectivity index (χ2n) is 3.93. The van der Waals surface area contributed by atoms with Crippen LogP contribution < -0.4 is 4.74 Å². The number of Topliss-reactive ketones (excluding diaryl/α,β-unsaturated/α-hetero) is 1. The molecule has 0 aromatic heterocycles. The number of halogens is 1. The molecular formula is C14H17ClO4. The summed E-state index contributed by atoms with van der Waals surface area (Å²) in [5.41, 5.74) is 0.450. The van der Waals surface area contributed by atoms with Gasteiger partial charge in [0.15, 0.2) is 5.78 Å². The predicted octanol–water partition coefficient (Wildman–Crippen LogP) is 3.26. The van der Waals surface area contributed by atoms with E-state index in [0.717, 1.165) is 0 Å². The lowest BCUT2D eigenvalue weighted by Crippen LogP contribution is -2.06. The van der Waals surface area contributed by atoms with E-state index in [0.29, 0.717) is 29.4 Å². The number of benzene rings is 1. The highest BCUT2D eigenvalue weighted by Crippen LogP contribution is 2.23. The maximum Gasteiger partial charge on any atom is 0.305 e. The van der Waals surface area contributed by atoms with Crippen LogP contribution in [0.3, 0.4) is 0 Å². The number of carbonyl (C=O) groups is 2. The van der Waals surface area contributed by atoms with Crippen molar-refractivity contribution in [1.82, 2.24) is 0 Å². The highest BCUT2D eigenvalue weighted by molar-refractivity contribution is 6.34. The maximum atomic E-state index is 11.9. The number of esters is 1. The van der Waals surface area contributed by atoms with Gasteiger partial charge in [0.1, 0.15) is 5.75 Å². The van der Waals surface area contributed by atoms with Gasteiger partial charge in [-0.15, -0.1) is 0 Å². The Labute approximate surface area is 117 Å². The molecule has 0 bridgehead atoms. The lowest BCUT2D eigenvalue weighted by molar-refractivity contribution is -0.143. The first-order valence-corrected chi connectivity index (χ1v) is 6.48. The van der Waals surface area contributed by atoms with Crippen LogP contribution in [-0.4, -0.2) is 25.5 Å². The second kappa shape index (κ2) is 7.79. The third-order valence-electron chi connectivity index (χ3n) is 2.57. The van der Waals surface area contributed by atoms with Crippen molar-refractivity contribution in [2.45, 2.75) is 26.2 Å². The van der Waals surface area contributed by atoms with E-state index in [1.165, 1.54) is 7.11 Å². The molecule has 0 aliphatic heterocycles. The summed E-state index contributed by atoms with van der Waals surface area (Å²) < 4.78 is 9.80. The van der Waals surface area contributed by atoms with Crippen molar-refractivity contribution >= 4 is 23.4 Å². The van der Waals surface area contributed by atoms with E-state index >= 15 is 0 Å².